The minimum absolute atomic E-state index is 0.465. The van der Waals surface area contributed by atoms with Crippen LogP contribution >= 0.6 is 0 Å². The van der Waals surface area contributed by atoms with Gasteiger partial charge in [0.15, 0.2) is 0 Å². The minimum atomic E-state index is 0.465. The van der Waals surface area contributed by atoms with Gasteiger partial charge in [-0.05, 0) is 31.6 Å². The zero-order chi connectivity index (χ0) is 13.9. The van der Waals surface area contributed by atoms with Crippen LogP contribution in [0.5, 0.6) is 0 Å². The first-order valence-electron chi connectivity index (χ1n) is 8.66. The summed E-state index contributed by atoms with van der Waals surface area (Å²) in [6.07, 6.45) is 9.57. The summed E-state index contributed by atoms with van der Waals surface area (Å²) in [6, 6.07) is 1.54. The molecule has 2 nitrogen and oxygen atoms in total. The minimum Gasteiger partial charge on any atom is -0.308 e. The second kappa shape index (κ2) is 6.58. The van der Waals surface area contributed by atoms with E-state index in [1.54, 1.807) is 0 Å². The highest BCUT2D eigenvalue weighted by molar-refractivity contribution is 5.03. The first-order chi connectivity index (χ1) is 9.15. The maximum Gasteiger partial charge on any atom is 0.0309 e. The van der Waals surface area contributed by atoms with E-state index in [2.05, 4.69) is 37.9 Å². The molecule has 19 heavy (non-hydrogen) atoms. The Labute approximate surface area is 120 Å². The van der Waals surface area contributed by atoms with Gasteiger partial charge in [-0.1, -0.05) is 47.0 Å². The zero-order valence-corrected chi connectivity index (χ0v) is 13.5. The molecule has 2 atom stereocenters. The Morgan fingerprint density at radius 2 is 1.74 bits per heavy atom. The molecule has 0 aromatic heterocycles. The molecule has 112 valence electrons. The lowest BCUT2D eigenvalue weighted by molar-refractivity contribution is 0.0148. The van der Waals surface area contributed by atoms with Gasteiger partial charge in [-0.3, -0.25) is 4.90 Å². The molecule has 1 heterocycles. The second-order valence-corrected chi connectivity index (χ2v) is 6.96. The normalized spacial score (nSPS) is 29.2. The fourth-order valence-corrected chi connectivity index (χ4v) is 4.31. The number of nitrogens with one attached hydrogen (secondary N) is 1. The summed E-state index contributed by atoms with van der Waals surface area (Å²) in [6.45, 7) is 12.0. The van der Waals surface area contributed by atoms with Crippen LogP contribution in [0.2, 0.25) is 0 Å². The Morgan fingerprint density at radius 1 is 1.11 bits per heavy atom. The van der Waals surface area contributed by atoms with Gasteiger partial charge in [-0.25, -0.2) is 0 Å². The molecule has 1 spiro atoms. The molecule has 2 aliphatic rings. The molecule has 0 bridgehead atoms. The SMILES string of the molecule is CCC(C)C1CNC2(CCCC2)CN1C(CC)CC. The Hall–Kier alpha value is -0.0800. The summed E-state index contributed by atoms with van der Waals surface area (Å²) >= 11 is 0. The summed E-state index contributed by atoms with van der Waals surface area (Å²) in [7, 11) is 0. The van der Waals surface area contributed by atoms with Crippen molar-refractivity contribution < 1.29 is 0 Å². The van der Waals surface area contributed by atoms with Gasteiger partial charge in [-0.15, -0.1) is 0 Å². The average Bonchev–Trinajstić information content (AvgIpc) is 2.88. The van der Waals surface area contributed by atoms with Gasteiger partial charge in [0.05, 0.1) is 0 Å². The summed E-state index contributed by atoms with van der Waals surface area (Å²) in [5.41, 5.74) is 0.465. The van der Waals surface area contributed by atoms with Crippen molar-refractivity contribution >= 4 is 0 Å². The van der Waals surface area contributed by atoms with E-state index in [9.17, 15) is 0 Å². The summed E-state index contributed by atoms with van der Waals surface area (Å²) < 4.78 is 0. The molecule has 2 heteroatoms. The van der Waals surface area contributed by atoms with Crippen LogP contribution in [0.1, 0.15) is 72.6 Å². The maximum atomic E-state index is 3.95. The van der Waals surface area contributed by atoms with Gasteiger partial charge in [0.25, 0.3) is 0 Å². The van der Waals surface area contributed by atoms with Crippen molar-refractivity contribution in [3.8, 4) is 0 Å². The molecule has 2 unspecified atom stereocenters. The van der Waals surface area contributed by atoms with Gasteiger partial charge in [-0.2, -0.15) is 0 Å². The lowest BCUT2D eigenvalue weighted by atomic mass is 9.86. The molecule has 0 amide bonds. The van der Waals surface area contributed by atoms with E-state index >= 15 is 0 Å². The van der Waals surface area contributed by atoms with Gasteiger partial charge >= 0.3 is 0 Å². The van der Waals surface area contributed by atoms with E-state index in [1.165, 1.54) is 58.0 Å². The van der Waals surface area contributed by atoms with Gasteiger partial charge < -0.3 is 5.32 Å². The van der Waals surface area contributed by atoms with E-state index < -0.39 is 0 Å². The van der Waals surface area contributed by atoms with Crippen molar-refractivity contribution in [2.45, 2.75) is 90.3 Å². The molecule has 1 saturated carbocycles. The molecule has 0 aromatic rings. The Kier molecular flexibility index (Phi) is 5.30. The van der Waals surface area contributed by atoms with Crippen molar-refractivity contribution in [1.82, 2.24) is 10.2 Å². The first kappa shape index (κ1) is 15.3. The first-order valence-corrected chi connectivity index (χ1v) is 8.66. The van der Waals surface area contributed by atoms with Gasteiger partial charge in [0.2, 0.25) is 0 Å². The Morgan fingerprint density at radius 3 is 2.26 bits per heavy atom. The van der Waals surface area contributed by atoms with Crippen molar-refractivity contribution in [3.63, 3.8) is 0 Å². The summed E-state index contributed by atoms with van der Waals surface area (Å²) in [5.74, 6) is 0.812. The third-order valence-electron chi connectivity index (χ3n) is 5.87. The van der Waals surface area contributed by atoms with Gasteiger partial charge in [0, 0.05) is 30.7 Å². The van der Waals surface area contributed by atoms with E-state index in [0.717, 1.165) is 18.0 Å². The number of hydrogen-bond acceptors (Lipinski definition) is 2. The number of hydrogen-bond donors (Lipinski definition) is 1. The Balaban J connectivity index is 2.13. The van der Waals surface area contributed by atoms with Crippen LogP contribution in [0.4, 0.5) is 0 Å². The van der Waals surface area contributed by atoms with E-state index in [0.29, 0.717) is 5.54 Å². The average molecular weight is 266 g/mol. The highest BCUT2D eigenvalue weighted by Gasteiger charge is 2.43. The quantitative estimate of drug-likeness (QED) is 0.814. The lowest BCUT2D eigenvalue weighted by Gasteiger charge is -2.51. The maximum absolute atomic E-state index is 3.95. The predicted octanol–water partition coefficient (Wildman–Crippen LogP) is 3.81. The monoisotopic (exact) mass is 266 g/mol. The van der Waals surface area contributed by atoms with E-state index in [-0.39, 0.29) is 0 Å². The smallest absolute Gasteiger partial charge is 0.0309 e. The molecule has 2 fully saturated rings. The van der Waals surface area contributed by atoms with E-state index in [4.69, 9.17) is 0 Å². The van der Waals surface area contributed by atoms with Crippen LogP contribution in [0.25, 0.3) is 0 Å². The highest BCUT2D eigenvalue weighted by atomic mass is 15.3. The topological polar surface area (TPSA) is 15.3 Å². The largest absolute Gasteiger partial charge is 0.308 e. The lowest BCUT2D eigenvalue weighted by Crippen LogP contribution is -2.66. The molecule has 2 rings (SSSR count). The van der Waals surface area contributed by atoms with Crippen LogP contribution in [0.15, 0.2) is 0 Å². The number of rotatable bonds is 5. The van der Waals surface area contributed by atoms with Crippen LogP contribution < -0.4 is 5.32 Å². The molecular formula is C17H34N2. The van der Waals surface area contributed by atoms with Crippen molar-refractivity contribution in [1.29, 1.82) is 0 Å². The van der Waals surface area contributed by atoms with Crippen molar-refractivity contribution in [2.75, 3.05) is 13.1 Å². The molecule has 0 radical (unpaired) electrons. The Bertz CT molecular complexity index is 266. The molecule has 1 aliphatic carbocycles. The van der Waals surface area contributed by atoms with Gasteiger partial charge in [0.1, 0.15) is 0 Å². The van der Waals surface area contributed by atoms with Crippen LogP contribution in [0, 0.1) is 5.92 Å². The second-order valence-electron chi connectivity index (χ2n) is 6.96. The number of piperazine rings is 1. The zero-order valence-electron chi connectivity index (χ0n) is 13.5. The standard InChI is InChI=1S/C17H34N2/c1-5-14(4)16-12-18-17(10-8-9-11-17)13-19(16)15(6-2)7-3/h14-16,18H,5-13H2,1-4H3. The molecule has 1 N–H and O–H groups in total. The third kappa shape index (κ3) is 3.16. The summed E-state index contributed by atoms with van der Waals surface area (Å²) in [5, 5.41) is 3.95. The third-order valence-corrected chi connectivity index (χ3v) is 5.87. The van der Waals surface area contributed by atoms with Crippen LogP contribution in [-0.2, 0) is 0 Å². The van der Waals surface area contributed by atoms with E-state index in [1.807, 2.05) is 0 Å². The fraction of sp³-hybridized carbons (Fsp3) is 1.00. The molecule has 1 saturated heterocycles. The van der Waals surface area contributed by atoms with Crippen molar-refractivity contribution in [3.05, 3.63) is 0 Å². The van der Waals surface area contributed by atoms with Crippen LogP contribution in [0.3, 0.4) is 0 Å². The number of nitrogens with zero attached hydrogens (tertiary/aromatic N) is 1. The van der Waals surface area contributed by atoms with Crippen molar-refractivity contribution in [2.24, 2.45) is 5.92 Å². The predicted molar refractivity (Wildman–Crippen MR) is 83.5 cm³/mol. The summed E-state index contributed by atoms with van der Waals surface area (Å²) in [4.78, 5) is 2.88. The fourth-order valence-electron chi connectivity index (χ4n) is 4.31. The molecule has 0 aromatic carbocycles. The van der Waals surface area contributed by atoms with Crippen LogP contribution in [-0.4, -0.2) is 35.6 Å². The molecular weight excluding hydrogens is 232 g/mol. The molecule has 1 aliphatic heterocycles. The highest BCUT2D eigenvalue weighted by Crippen LogP contribution is 2.36.